The number of aromatic amines is 1. The van der Waals surface area contributed by atoms with Crippen molar-refractivity contribution in [2.75, 3.05) is 11.5 Å². The van der Waals surface area contributed by atoms with E-state index in [1.165, 1.54) is 6.07 Å². The summed E-state index contributed by atoms with van der Waals surface area (Å²) in [6.07, 6.45) is 0. The fraction of sp³-hybridized carbons (Fsp3) is 0. The minimum atomic E-state index is -0.478. The van der Waals surface area contributed by atoms with E-state index >= 15 is 0 Å². The van der Waals surface area contributed by atoms with Gasteiger partial charge < -0.3 is 16.5 Å². The van der Waals surface area contributed by atoms with Crippen LogP contribution in [0.5, 0.6) is 0 Å². The van der Waals surface area contributed by atoms with Crippen molar-refractivity contribution in [2.45, 2.75) is 0 Å². The number of imidazole rings is 1. The molecule has 2 aromatic rings. The first-order chi connectivity index (χ1) is 5.68. The third kappa shape index (κ3) is 0.795. The van der Waals surface area contributed by atoms with E-state index in [1.807, 2.05) is 0 Å². The zero-order chi connectivity index (χ0) is 8.72. The molecule has 0 saturated heterocycles. The fourth-order valence-corrected chi connectivity index (χ4v) is 1.09. The molecular weight excluding hydrogens is 159 g/mol. The lowest BCUT2D eigenvalue weighted by atomic mass is 10.2. The van der Waals surface area contributed by atoms with Gasteiger partial charge in [-0.05, 0) is 12.1 Å². The Hall–Kier alpha value is -1.78. The molecule has 0 aliphatic rings. The van der Waals surface area contributed by atoms with Crippen molar-refractivity contribution in [1.82, 2.24) is 9.97 Å². The van der Waals surface area contributed by atoms with Crippen molar-refractivity contribution in [2.24, 2.45) is 0 Å². The standard InChI is InChI=1S/C7H7FN4/c8-3-1-2-4-6(5(3)9)12-7(10)11-4/h1-2H,9H2,(H3,10,11,12). The van der Waals surface area contributed by atoms with Crippen LogP contribution in [0.15, 0.2) is 12.1 Å². The molecule has 0 spiro atoms. The van der Waals surface area contributed by atoms with Gasteiger partial charge >= 0.3 is 0 Å². The number of hydrogen-bond acceptors (Lipinski definition) is 3. The van der Waals surface area contributed by atoms with Crippen LogP contribution in [0.1, 0.15) is 0 Å². The number of halogens is 1. The summed E-state index contributed by atoms with van der Waals surface area (Å²) in [6, 6.07) is 2.82. The lowest BCUT2D eigenvalue weighted by Gasteiger charge is -1.94. The van der Waals surface area contributed by atoms with E-state index in [0.29, 0.717) is 11.0 Å². The normalized spacial score (nSPS) is 10.8. The maximum atomic E-state index is 12.8. The first-order valence-electron chi connectivity index (χ1n) is 3.37. The highest BCUT2D eigenvalue weighted by Crippen LogP contribution is 2.21. The van der Waals surface area contributed by atoms with Crippen LogP contribution >= 0.6 is 0 Å². The summed E-state index contributed by atoms with van der Waals surface area (Å²) in [4.78, 5) is 6.58. The predicted molar refractivity (Wildman–Crippen MR) is 44.9 cm³/mol. The Balaban J connectivity index is 2.89. The summed E-state index contributed by atoms with van der Waals surface area (Å²) in [5, 5.41) is 0. The lowest BCUT2D eigenvalue weighted by molar-refractivity contribution is 0.634. The number of hydrogen-bond donors (Lipinski definition) is 3. The first-order valence-corrected chi connectivity index (χ1v) is 3.37. The molecule has 2 rings (SSSR count). The summed E-state index contributed by atoms with van der Waals surface area (Å²) in [5.74, 6) is -0.240. The van der Waals surface area contributed by atoms with E-state index in [1.54, 1.807) is 6.07 Å². The van der Waals surface area contributed by atoms with Gasteiger partial charge in [-0.15, -0.1) is 0 Å². The molecule has 5 N–H and O–H groups in total. The van der Waals surface area contributed by atoms with Crippen molar-refractivity contribution in [3.8, 4) is 0 Å². The average molecular weight is 166 g/mol. The summed E-state index contributed by atoms with van der Waals surface area (Å²) >= 11 is 0. The van der Waals surface area contributed by atoms with E-state index in [9.17, 15) is 4.39 Å². The molecule has 0 aliphatic heterocycles. The van der Waals surface area contributed by atoms with Crippen molar-refractivity contribution < 1.29 is 4.39 Å². The molecular formula is C7H7FN4. The molecule has 62 valence electrons. The SMILES string of the molecule is Nc1nc2c(N)c(F)ccc2[nH]1. The topological polar surface area (TPSA) is 80.7 Å². The van der Waals surface area contributed by atoms with E-state index in [-0.39, 0.29) is 11.6 Å². The van der Waals surface area contributed by atoms with Gasteiger partial charge in [0, 0.05) is 0 Å². The molecule has 4 nitrogen and oxygen atoms in total. The molecule has 0 radical (unpaired) electrons. The quantitative estimate of drug-likeness (QED) is 0.508. The number of benzene rings is 1. The largest absolute Gasteiger partial charge is 0.395 e. The van der Waals surface area contributed by atoms with E-state index in [2.05, 4.69) is 9.97 Å². The van der Waals surface area contributed by atoms with E-state index < -0.39 is 5.82 Å². The van der Waals surface area contributed by atoms with Crippen LogP contribution in [-0.2, 0) is 0 Å². The second-order valence-electron chi connectivity index (χ2n) is 2.48. The summed E-state index contributed by atoms with van der Waals surface area (Å²) in [6.45, 7) is 0. The summed E-state index contributed by atoms with van der Waals surface area (Å²) < 4.78 is 12.8. The molecule has 0 unspecified atom stereocenters. The molecule has 1 aromatic carbocycles. The number of aromatic nitrogens is 2. The van der Waals surface area contributed by atoms with E-state index in [4.69, 9.17) is 11.5 Å². The number of H-pyrrole nitrogens is 1. The van der Waals surface area contributed by atoms with Crippen LogP contribution in [0, 0.1) is 5.82 Å². The van der Waals surface area contributed by atoms with Crippen molar-refractivity contribution >= 4 is 22.7 Å². The minimum Gasteiger partial charge on any atom is -0.395 e. The van der Waals surface area contributed by atoms with Gasteiger partial charge in [0.05, 0.1) is 11.2 Å². The van der Waals surface area contributed by atoms with Gasteiger partial charge in [0.2, 0.25) is 0 Å². The van der Waals surface area contributed by atoms with Gasteiger partial charge in [0.15, 0.2) is 5.95 Å². The Bertz CT molecular complexity index is 434. The molecule has 1 aromatic heterocycles. The number of fused-ring (bicyclic) bond motifs is 1. The molecule has 1 heterocycles. The van der Waals surface area contributed by atoms with Gasteiger partial charge in [-0.3, -0.25) is 0 Å². The maximum Gasteiger partial charge on any atom is 0.198 e. The Morgan fingerprint density at radius 1 is 1.33 bits per heavy atom. The highest BCUT2D eigenvalue weighted by molar-refractivity contribution is 5.88. The second kappa shape index (κ2) is 2.10. The van der Waals surface area contributed by atoms with Crippen LogP contribution in [0.4, 0.5) is 16.0 Å². The number of nitrogen functional groups attached to an aromatic ring is 2. The molecule has 0 atom stereocenters. The zero-order valence-electron chi connectivity index (χ0n) is 6.13. The predicted octanol–water partition coefficient (Wildman–Crippen LogP) is 0.866. The Morgan fingerprint density at radius 3 is 2.83 bits per heavy atom. The number of anilines is 2. The van der Waals surface area contributed by atoms with Gasteiger partial charge in [-0.2, -0.15) is 0 Å². The van der Waals surface area contributed by atoms with Gasteiger partial charge in [0.1, 0.15) is 11.3 Å². The first kappa shape index (κ1) is 6.90. The number of rotatable bonds is 0. The zero-order valence-corrected chi connectivity index (χ0v) is 6.13. The second-order valence-corrected chi connectivity index (χ2v) is 2.48. The smallest absolute Gasteiger partial charge is 0.198 e. The molecule has 0 aliphatic carbocycles. The van der Waals surface area contributed by atoms with Crippen LogP contribution < -0.4 is 11.5 Å². The van der Waals surface area contributed by atoms with Crippen molar-refractivity contribution in [1.29, 1.82) is 0 Å². The summed E-state index contributed by atoms with van der Waals surface area (Å²) in [7, 11) is 0. The molecule has 5 heteroatoms. The Labute approximate surface area is 67.4 Å². The highest BCUT2D eigenvalue weighted by Gasteiger charge is 2.06. The average Bonchev–Trinajstić information content (AvgIpc) is 2.39. The van der Waals surface area contributed by atoms with Crippen molar-refractivity contribution in [3.05, 3.63) is 17.9 Å². The minimum absolute atomic E-state index is 0.0282. The number of nitrogens with zero attached hydrogens (tertiary/aromatic N) is 1. The highest BCUT2D eigenvalue weighted by atomic mass is 19.1. The molecule has 0 saturated carbocycles. The summed E-state index contributed by atoms with van der Waals surface area (Å²) in [5.41, 5.74) is 11.8. The number of nitrogens with one attached hydrogen (secondary N) is 1. The third-order valence-electron chi connectivity index (χ3n) is 1.66. The monoisotopic (exact) mass is 166 g/mol. The van der Waals surface area contributed by atoms with Crippen LogP contribution in [0.2, 0.25) is 0 Å². The van der Waals surface area contributed by atoms with Crippen LogP contribution in [0.3, 0.4) is 0 Å². The van der Waals surface area contributed by atoms with Crippen molar-refractivity contribution in [3.63, 3.8) is 0 Å². The van der Waals surface area contributed by atoms with Crippen LogP contribution in [-0.4, -0.2) is 9.97 Å². The lowest BCUT2D eigenvalue weighted by Crippen LogP contribution is -1.91. The maximum absolute atomic E-state index is 12.8. The number of nitrogens with two attached hydrogens (primary N) is 2. The van der Waals surface area contributed by atoms with E-state index in [0.717, 1.165) is 0 Å². The Morgan fingerprint density at radius 2 is 2.08 bits per heavy atom. The molecule has 12 heavy (non-hydrogen) atoms. The molecule has 0 fully saturated rings. The van der Waals surface area contributed by atoms with Gasteiger partial charge in [0.25, 0.3) is 0 Å². The van der Waals surface area contributed by atoms with Crippen LogP contribution in [0.25, 0.3) is 11.0 Å². The van der Waals surface area contributed by atoms with Gasteiger partial charge in [-0.25, -0.2) is 9.37 Å². The molecule has 0 amide bonds. The Kier molecular flexibility index (Phi) is 1.21. The fourth-order valence-electron chi connectivity index (χ4n) is 1.09. The van der Waals surface area contributed by atoms with Gasteiger partial charge in [-0.1, -0.05) is 0 Å². The third-order valence-corrected chi connectivity index (χ3v) is 1.66. The molecule has 0 bridgehead atoms.